The zero-order valence-electron chi connectivity index (χ0n) is 12.2. The van der Waals surface area contributed by atoms with Crippen LogP contribution in [-0.2, 0) is 0 Å². The smallest absolute Gasteiger partial charge is 0.320 e. The molecule has 2 rings (SSSR count). The van der Waals surface area contributed by atoms with Gasteiger partial charge in [0.05, 0.1) is 0 Å². The van der Waals surface area contributed by atoms with Gasteiger partial charge >= 0.3 is 6.03 Å². The van der Waals surface area contributed by atoms with Gasteiger partial charge in [0.2, 0.25) is 0 Å². The topological polar surface area (TPSA) is 49.6 Å². The fourth-order valence-electron chi connectivity index (χ4n) is 3.23. The highest BCUT2D eigenvalue weighted by Crippen LogP contribution is 2.25. The van der Waals surface area contributed by atoms with E-state index in [2.05, 4.69) is 13.8 Å². The van der Waals surface area contributed by atoms with Crippen LogP contribution >= 0.6 is 12.4 Å². The number of amides is 2. The van der Waals surface area contributed by atoms with Gasteiger partial charge in [-0.2, -0.15) is 0 Å². The minimum absolute atomic E-state index is 0. The van der Waals surface area contributed by atoms with Gasteiger partial charge in [0.25, 0.3) is 0 Å². The van der Waals surface area contributed by atoms with Gasteiger partial charge < -0.3 is 15.5 Å². The Morgan fingerprint density at radius 1 is 1.16 bits per heavy atom. The first-order chi connectivity index (χ1) is 8.63. The summed E-state index contributed by atoms with van der Waals surface area (Å²) in [5.41, 5.74) is 5.86. The molecule has 0 aromatic rings. The molecule has 2 aliphatic rings. The molecule has 2 N–H and O–H groups in total. The first-order valence-electron chi connectivity index (χ1n) is 7.39. The fourth-order valence-corrected chi connectivity index (χ4v) is 3.23. The number of carbonyl (C=O) groups excluding carboxylic acids is 1. The summed E-state index contributed by atoms with van der Waals surface area (Å²) in [5, 5.41) is 0. The summed E-state index contributed by atoms with van der Waals surface area (Å²) < 4.78 is 0. The number of carbonyl (C=O) groups is 1. The number of urea groups is 1. The van der Waals surface area contributed by atoms with E-state index in [-0.39, 0.29) is 24.5 Å². The van der Waals surface area contributed by atoms with E-state index in [1.165, 1.54) is 6.42 Å². The summed E-state index contributed by atoms with van der Waals surface area (Å²) in [6, 6.07) is 0.467. The lowest BCUT2D eigenvalue weighted by Gasteiger charge is -2.43. The molecule has 0 spiro atoms. The van der Waals surface area contributed by atoms with Gasteiger partial charge in [-0.1, -0.05) is 13.8 Å². The first-order valence-corrected chi connectivity index (χ1v) is 7.39. The molecule has 4 nitrogen and oxygen atoms in total. The zero-order chi connectivity index (χ0) is 13.1. The third-order valence-corrected chi connectivity index (χ3v) is 4.66. The van der Waals surface area contributed by atoms with Crippen LogP contribution in [0.1, 0.15) is 39.5 Å². The third-order valence-electron chi connectivity index (χ3n) is 4.66. The standard InChI is InChI=1S/C14H27N3O.ClH/c1-11-5-8-16(9-6-11)14(18)17-7-3-4-12(2)13(17)10-15;/h11-13H,3-10,15H2,1-2H3;1H. The monoisotopic (exact) mass is 289 g/mol. The van der Waals surface area contributed by atoms with Gasteiger partial charge in [-0.3, -0.25) is 0 Å². The van der Waals surface area contributed by atoms with Crippen molar-refractivity contribution >= 4 is 18.4 Å². The average Bonchev–Trinajstić information content (AvgIpc) is 2.38. The molecule has 0 saturated carbocycles. The van der Waals surface area contributed by atoms with Gasteiger partial charge in [-0.25, -0.2) is 4.79 Å². The van der Waals surface area contributed by atoms with Crippen LogP contribution in [0.2, 0.25) is 0 Å². The molecule has 0 bridgehead atoms. The van der Waals surface area contributed by atoms with Crippen LogP contribution in [0.25, 0.3) is 0 Å². The van der Waals surface area contributed by atoms with Crippen molar-refractivity contribution in [1.82, 2.24) is 9.80 Å². The number of piperidine rings is 2. The molecule has 5 heteroatoms. The molecule has 0 aromatic carbocycles. The molecule has 2 unspecified atom stereocenters. The van der Waals surface area contributed by atoms with Crippen LogP contribution < -0.4 is 5.73 Å². The predicted octanol–water partition coefficient (Wildman–Crippen LogP) is 2.32. The van der Waals surface area contributed by atoms with Crippen LogP contribution in [0.15, 0.2) is 0 Å². The second-order valence-corrected chi connectivity index (χ2v) is 6.07. The Morgan fingerprint density at radius 2 is 1.79 bits per heavy atom. The molecule has 2 saturated heterocycles. The number of halogens is 1. The molecular weight excluding hydrogens is 262 g/mol. The highest BCUT2D eigenvalue weighted by atomic mass is 35.5. The Bertz CT molecular complexity index is 292. The molecule has 2 heterocycles. The van der Waals surface area contributed by atoms with Crippen molar-refractivity contribution in [1.29, 1.82) is 0 Å². The maximum atomic E-state index is 12.6. The lowest BCUT2D eigenvalue weighted by atomic mass is 9.91. The number of likely N-dealkylation sites (tertiary alicyclic amines) is 2. The fraction of sp³-hybridized carbons (Fsp3) is 0.929. The van der Waals surface area contributed by atoms with Gasteiger partial charge in [0.1, 0.15) is 0 Å². The number of hydrogen-bond acceptors (Lipinski definition) is 2. The highest BCUT2D eigenvalue weighted by Gasteiger charge is 2.34. The van der Waals surface area contributed by atoms with E-state index in [1.54, 1.807) is 0 Å². The molecule has 2 amide bonds. The van der Waals surface area contributed by atoms with Gasteiger partial charge in [-0.05, 0) is 37.5 Å². The zero-order valence-corrected chi connectivity index (χ0v) is 13.0. The van der Waals surface area contributed by atoms with Crippen molar-refractivity contribution in [3.63, 3.8) is 0 Å². The molecule has 0 aromatic heterocycles. The van der Waals surface area contributed by atoms with Crippen LogP contribution in [-0.4, -0.2) is 48.1 Å². The normalized spacial score (nSPS) is 29.0. The summed E-state index contributed by atoms with van der Waals surface area (Å²) in [6.07, 6.45) is 4.60. The van der Waals surface area contributed by atoms with Crippen LogP contribution in [0.4, 0.5) is 4.79 Å². The molecule has 2 aliphatic heterocycles. The lowest BCUT2D eigenvalue weighted by Crippen LogP contribution is -2.56. The van der Waals surface area contributed by atoms with Crippen LogP contribution in [0.3, 0.4) is 0 Å². The third kappa shape index (κ3) is 3.76. The minimum Gasteiger partial charge on any atom is -0.328 e. The maximum absolute atomic E-state index is 12.6. The minimum atomic E-state index is 0. The van der Waals surface area contributed by atoms with E-state index in [1.807, 2.05) is 9.80 Å². The van der Waals surface area contributed by atoms with Gasteiger partial charge in [-0.15, -0.1) is 12.4 Å². The summed E-state index contributed by atoms with van der Waals surface area (Å²) in [7, 11) is 0. The van der Waals surface area contributed by atoms with E-state index >= 15 is 0 Å². The second kappa shape index (κ2) is 7.34. The van der Waals surface area contributed by atoms with E-state index in [0.29, 0.717) is 12.5 Å². The van der Waals surface area contributed by atoms with Crippen LogP contribution in [0, 0.1) is 11.8 Å². The molecule has 2 atom stereocenters. The van der Waals surface area contributed by atoms with Crippen LogP contribution in [0.5, 0.6) is 0 Å². The quantitative estimate of drug-likeness (QED) is 0.805. The molecular formula is C14H28ClN3O. The average molecular weight is 290 g/mol. The molecule has 2 fully saturated rings. The van der Waals surface area contributed by atoms with Crippen molar-refractivity contribution in [2.75, 3.05) is 26.2 Å². The Morgan fingerprint density at radius 3 is 2.37 bits per heavy atom. The Kier molecular flexibility index (Phi) is 6.40. The summed E-state index contributed by atoms with van der Waals surface area (Å²) in [6.45, 7) is 7.81. The number of nitrogens with zero attached hydrogens (tertiary/aromatic N) is 2. The largest absolute Gasteiger partial charge is 0.328 e. The summed E-state index contributed by atoms with van der Waals surface area (Å²) >= 11 is 0. The number of nitrogens with two attached hydrogens (primary N) is 1. The Balaban J connectivity index is 0.00000180. The van der Waals surface area contributed by atoms with Crippen molar-refractivity contribution < 1.29 is 4.79 Å². The number of hydrogen-bond donors (Lipinski definition) is 1. The molecule has 19 heavy (non-hydrogen) atoms. The molecule has 112 valence electrons. The highest BCUT2D eigenvalue weighted by molar-refractivity contribution is 5.85. The molecule has 0 radical (unpaired) electrons. The van der Waals surface area contributed by atoms with Crippen molar-refractivity contribution in [3.05, 3.63) is 0 Å². The van der Waals surface area contributed by atoms with Gasteiger partial charge in [0, 0.05) is 32.2 Å². The predicted molar refractivity (Wildman–Crippen MR) is 80.6 cm³/mol. The van der Waals surface area contributed by atoms with Crippen molar-refractivity contribution in [3.8, 4) is 0 Å². The van der Waals surface area contributed by atoms with Crippen molar-refractivity contribution in [2.24, 2.45) is 17.6 Å². The maximum Gasteiger partial charge on any atom is 0.320 e. The first kappa shape index (κ1) is 16.6. The van der Waals surface area contributed by atoms with E-state index in [9.17, 15) is 4.79 Å². The second-order valence-electron chi connectivity index (χ2n) is 6.07. The Labute approximate surface area is 123 Å². The van der Waals surface area contributed by atoms with E-state index < -0.39 is 0 Å². The van der Waals surface area contributed by atoms with E-state index in [4.69, 9.17) is 5.73 Å². The van der Waals surface area contributed by atoms with E-state index in [0.717, 1.165) is 44.8 Å². The summed E-state index contributed by atoms with van der Waals surface area (Å²) in [4.78, 5) is 16.6. The SMILES string of the molecule is CC1CCN(C(=O)N2CCCC(C)C2CN)CC1.Cl. The van der Waals surface area contributed by atoms with Gasteiger partial charge in [0.15, 0.2) is 0 Å². The summed E-state index contributed by atoms with van der Waals surface area (Å²) in [5.74, 6) is 1.30. The van der Waals surface area contributed by atoms with Crippen molar-refractivity contribution in [2.45, 2.75) is 45.6 Å². The lowest BCUT2D eigenvalue weighted by molar-refractivity contribution is 0.0852. The number of rotatable bonds is 1. The molecule has 0 aliphatic carbocycles. The Hall–Kier alpha value is -0.480.